The minimum absolute atomic E-state index is 0.521. The van der Waals surface area contributed by atoms with Crippen LogP contribution >= 0.6 is 0 Å². The summed E-state index contributed by atoms with van der Waals surface area (Å²) in [5.41, 5.74) is 1.81. The van der Waals surface area contributed by atoms with Crippen molar-refractivity contribution in [3.05, 3.63) is 42.2 Å². The number of terminal acetylenes is 1. The predicted octanol–water partition coefficient (Wildman–Crippen LogP) is 1.44. The Hall–Kier alpha value is -2.08. The van der Waals surface area contributed by atoms with Crippen LogP contribution in [0.5, 0.6) is 0 Å². The number of rotatable bonds is 2. The van der Waals surface area contributed by atoms with Crippen LogP contribution < -0.4 is 0 Å². The molecular weight excluding hydrogens is 174 g/mol. The van der Waals surface area contributed by atoms with Gasteiger partial charge in [0.05, 0.1) is 24.0 Å². The summed E-state index contributed by atoms with van der Waals surface area (Å²) in [5, 5.41) is 7.93. The molecule has 2 aromatic rings. The molecule has 0 unspecified atom stereocenters. The summed E-state index contributed by atoms with van der Waals surface area (Å²) in [6.07, 6.45) is 7.54. The molecule has 3 nitrogen and oxygen atoms in total. The predicted molar refractivity (Wildman–Crippen MR) is 53.9 cm³/mol. The van der Waals surface area contributed by atoms with Crippen molar-refractivity contribution in [1.82, 2.24) is 15.0 Å². The van der Waals surface area contributed by atoms with Gasteiger partial charge < -0.3 is 0 Å². The Kier molecular flexibility index (Phi) is 2.28. The van der Waals surface area contributed by atoms with Gasteiger partial charge >= 0.3 is 0 Å². The second-order valence-electron chi connectivity index (χ2n) is 2.87. The van der Waals surface area contributed by atoms with Gasteiger partial charge in [0.15, 0.2) is 0 Å². The third-order valence-corrected chi connectivity index (χ3v) is 1.84. The van der Waals surface area contributed by atoms with Crippen molar-refractivity contribution in [3.8, 4) is 18.0 Å². The number of nitrogens with zero attached hydrogens (tertiary/aromatic N) is 3. The minimum atomic E-state index is 0.521. The fraction of sp³-hybridized carbons (Fsp3) is 0.0909. The number of hydrogen-bond acceptors (Lipinski definition) is 2. The van der Waals surface area contributed by atoms with Crippen LogP contribution in [-0.2, 0) is 6.42 Å². The van der Waals surface area contributed by atoms with Gasteiger partial charge in [0, 0.05) is 0 Å². The van der Waals surface area contributed by atoms with Crippen molar-refractivity contribution < 1.29 is 0 Å². The Morgan fingerprint density at radius 3 is 2.79 bits per heavy atom. The number of para-hydroxylation sites is 1. The summed E-state index contributed by atoms with van der Waals surface area (Å²) in [6.45, 7) is 0. The van der Waals surface area contributed by atoms with Crippen molar-refractivity contribution in [2.45, 2.75) is 6.42 Å². The highest BCUT2D eigenvalue weighted by Crippen LogP contribution is 2.05. The second kappa shape index (κ2) is 3.75. The quantitative estimate of drug-likeness (QED) is 0.659. The third-order valence-electron chi connectivity index (χ3n) is 1.84. The summed E-state index contributed by atoms with van der Waals surface area (Å²) < 4.78 is 1.71. The first kappa shape index (κ1) is 8.52. The number of benzene rings is 1. The van der Waals surface area contributed by atoms with E-state index in [2.05, 4.69) is 16.2 Å². The molecule has 68 valence electrons. The maximum atomic E-state index is 5.18. The van der Waals surface area contributed by atoms with Crippen molar-refractivity contribution in [2.75, 3.05) is 0 Å². The molecule has 2 rings (SSSR count). The van der Waals surface area contributed by atoms with Crippen LogP contribution in [0, 0.1) is 12.3 Å². The molecule has 3 heteroatoms. The van der Waals surface area contributed by atoms with Gasteiger partial charge in [-0.25, -0.2) is 4.68 Å². The summed E-state index contributed by atoms with van der Waals surface area (Å²) in [6, 6.07) is 9.81. The summed E-state index contributed by atoms with van der Waals surface area (Å²) in [4.78, 5) is 0. The van der Waals surface area contributed by atoms with E-state index in [0.717, 1.165) is 11.4 Å². The van der Waals surface area contributed by atoms with E-state index in [4.69, 9.17) is 6.42 Å². The molecule has 1 aromatic heterocycles. The normalized spacial score (nSPS) is 9.64. The minimum Gasteiger partial charge on any atom is -0.220 e. The van der Waals surface area contributed by atoms with Gasteiger partial charge in [0.1, 0.15) is 0 Å². The average Bonchev–Trinajstić information content (AvgIpc) is 2.68. The molecule has 0 aliphatic rings. The van der Waals surface area contributed by atoms with E-state index in [1.807, 2.05) is 36.5 Å². The maximum Gasteiger partial charge on any atom is 0.0950 e. The highest BCUT2D eigenvalue weighted by molar-refractivity contribution is 5.30. The van der Waals surface area contributed by atoms with Gasteiger partial charge in [0.2, 0.25) is 0 Å². The fourth-order valence-electron chi connectivity index (χ4n) is 1.19. The summed E-state index contributed by atoms with van der Waals surface area (Å²) >= 11 is 0. The zero-order valence-electron chi connectivity index (χ0n) is 7.59. The van der Waals surface area contributed by atoms with Crippen molar-refractivity contribution >= 4 is 0 Å². The van der Waals surface area contributed by atoms with E-state index in [-0.39, 0.29) is 0 Å². The Bertz CT molecular complexity index is 451. The van der Waals surface area contributed by atoms with E-state index in [0.29, 0.717) is 6.42 Å². The highest BCUT2D eigenvalue weighted by Gasteiger charge is 1.99. The van der Waals surface area contributed by atoms with Crippen LogP contribution in [0.15, 0.2) is 36.5 Å². The van der Waals surface area contributed by atoms with Crippen LogP contribution in [0.25, 0.3) is 5.69 Å². The number of hydrogen-bond donors (Lipinski definition) is 0. The molecule has 0 fully saturated rings. The summed E-state index contributed by atoms with van der Waals surface area (Å²) in [7, 11) is 0. The zero-order chi connectivity index (χ0) is 9.80. The molecule has 1 aromatic carbocycles. The van der Waals surface area contributed by atoms with E-state index in [1.54, 1.807) is 4.68 Å². The first-order valence-electron chi connectivity index (χ1n) is 4.30. The summed E-state index contributed by atoms with van der Waals surface area (Å²) in [5.74, 6) is 2.53. The SMILES string of the molecule is C#CCc1cn(-c2ccccc2)nn1. The van der Waals surface area contributed by atoms with Crippen LogP contribution in [0.3, 0.4) is 0 Å². The van der Waals surface area contributed by atoms with E-state index in [9.17, 15) is 0 Å². The highest BCUT2D eigenvalue weighted by atomic mass is 15.4. The maximum absolute atomic E-state index is 5.18. The number of aromatic nitrogens is 3. The van der Waals surface area contributed by atoms with E-state index >= 15 is 0 Å². The lowest BCUT2D eigenvalue weighted by molar-refractivity contribution is 0.800. The monoisotopic (exact) mass is 183 g/mol. The van der Waals surface area contributed by atoms with Crippen molar-refractivity contribution in [2.24, 2.45) is 0 Å². The molecule has 0 saturated heterocycles. The Balaban J connectivity index is 2.31. The van der Waals surface area contributed by atoms with Crippen molar-refractivity contribution in [3.63, 3.8) is 0 Å². The van der Waals surface area contributed by atoms with E-state index in [1.165, 1.54) is 0 Å². The van der Waals surface area contributed by atoms with Gasteiger partial charge in [-0.05, 0) is 12.1 Å². The van der Waals surface area contributed by atoms with Crippen molar-refractivity contribution in [1.29, 1.82) is 0 Å². The standard InChI is InChI=1S/C11H9N3/c1-2-6-10-9-14(13-12-10)11-7-4-3-5-8-11/h1,3-5,7-9H,6H2. The molecular formula is C11H9N3. The largest absolute Gasteiger partial charge is 0.220 e. The molecule has 0 atom stereocenters. The molecule has 0 aliphatic heterocycles. The molecule has 0 aliphatic carbocycles. The molecule has 0 N–H and O–H groups in total. The molecule has 1 heterocycles. The zero-order valence-corrected chi connectivity index (χ0v) is 7.59. The molecule has 0 amide bonds. The Labute approximate surface area is 82.4 Å². The molecule has 0 bridgehead atoms. The van der Waals surface area contributed by atoms with Crippen LogP contribution in [-0.4, -0.2) is 15.0 Å². The lowest BCUT2D eigenvalue weighted by Crippen LogP contribution is -1.93. The average molecular weight is 183 g/mol. The third kappa shape index (κ3) is 1.64. The van der Waals surface area contributed by atoms with Gasteiger partial charge in [0.25, 0.3) is 0 Å². The lowest BCUT2D eigenvalue weighted by Gasteiger charge is -1.96. The molecule has 0 spiro atoms. The topological polar surface area (TPSA) is 30.7 Å². The van der Waals surface area contributed by atoms with Gasteiger partial charge in [-0.3, -0.25) is 0 Å². The molecule has 0 radical (unpaired) electrons. The Morgan fingerprint density at radius 2 is 2.07 bits per heavy atom. The lowest BCUT2D eigenvalue weighted by atomic mass is 10.3. The first-order chi connectivity index (χ1) is 6.90. The molecule has 0 saturated carbocycles. The first-order valence-corrected chi connectivity index (χ1v) is 4.30. The smallest absolute Gasteiger partial charge is 0.0950 e. The fourth-order valence-corrected chi connectivity index (χ4v) is 1.19. The van der Waals surface area contributed by atoms with Gasteiger partial charge in [-0.2, -0.15) is 0 Å². The van der Waals surface area contributed by atoms with Crippen LogP contribution in [0.2, 0.25) is 0 Å². The second-order valence-corrected chi connectivity index (χ2v) is 2.87. The van der Waals surface area contributed by atoms with Gasteiger partial charge in [-0.15, -0.1) is 17.4 Å². The van der Waals surface area contributed by atoms with Gasteiger partial charge in [-0.1, -0.05) is 23.4 Å². The Morgan fingerprint density at radius 1 is 1.29 bits per heavy atom. The van der Waals surface area contributed by atoms with Crippen LogP contribution in [0.4, 0.5) is 0 Å². The van der Waals surface area contributed by atoms with E-state index < -0.39 is 0 Å². The molecule has 14 heavy (non-hydrogen) atoms. The van der Waals surface area contributed by atoms with Crippen LogP contribution in [0.1, 0.15) is 5.69 Å².